The molecule has 0 radical (unpaired) electrons. The van der Waals surface area contributed by atoms with E-state index in [2.05, 4.69) is 58.7 Å². The fourth-order valence-corrected chi connectivity index (χ4v) is 3.15. The predicted molar refractivity (Wildman–Crippen MR) is 90.7 cm³/mol. The van der Waals surface area contributed by atoms with Crippen molar-refractivity contribution in [2.45, 2.75) is 61.1 Å². The molecular formula is C16H31N3S. The largest absolute Gasteiger partial charge is 0.348 e. The molecule has 0 aliphatic heterocycles. The number of rotatable bonds is 8. The summed E-state index contributed by atoms with van der Waals surface area (Å²) >= 11 is 1.85. The van der Waals surface area contributed by atoms with Gasteiger partial charge in [-0.05, 0) is 18.8 Å². The summed E-state index contributed by atoms with van der Waals surface area (Å²) in [5.74, 6) is 1.32. The van der Waals surface area contributed by atoms with E-state index in [1.54, 1.807) is 0 Å². The van der Waals surface area contributed by atoms with E-state index in [4.69, 9.17) is 4.98 Å². The second-order valence-electron chi connectivity index (χ2n) is 6.73. The summed E-state index contributed by atoms with van der Waals surface area (Å²) in [6.07, 6.45) is 0. The lowest BCUT2D eigenvalue weighted by atomic mass is 10.1. The van der Waals surface area contributed by atoms with E-state index in [1.807, 2.05) is 11.3 Å². The van der Waals surface area contributed by atoms with Crippen LogP contribution in [0.1, 0.15) is 52.1 Å². The summed E-state index contributed by atoms with van der Waals surface area (Å²) < 4.78 is 0. The monoisotopic (exact) mass is 297 g/mol. The van der Waals surface area contributed by atoms with Gasteiger partial charge >= 0.3 is 0 Å². The Morgan fingerprint density at radius 2 is 1.60 bits per heavy atom. The summed E-state index contributed by atoms with van der Waals surface area (Å²) in [5.41, 5.74) is 1.18. The smallest absolute Gasteiger partial charge is 0.185 e. The van der Waals surface area contributed by atoms with Crippen molar-refractivity contribution < 1.29 is 0 Å². The lowest BCUT2D eigenvalue weighted by Crippen LogP contribution is -2.31. The predicted octanol–water partition coefficient (Wildman–Crippen LogP) is 4.07. The number of nitrogens with zero attached hydrogens (tertiary/aromatic N) is 2. The highest BCUT2D eigenvalue weighted by atomic mass is 32.1. The van der Waals surface area contributed by atoms with Crippen LogP contribution in [-0.4, -0.2) is 24.1 Å². The molecule has 116 valence electrons. The lowest BCUT2D eigenvalue weighted by Gasteiger charge is -2.25. The average molecular weight is 298 g/mol. The highest BCUT2D eigenvalue weighted by molar-refractivity contribution is 7.15. The van der Waals surface area contributed by atoms with Gasteiger partial charge in [0.25, 0.3) is 0 Å². The number of hydrogen-bond acceptors (Lipinski definition) is 4. The van der Waals surface area contributed by atoms with Gasteiger partial charge in [-0.3, -0.25) is 0 Å². The molecule has 0 unspecified atom stereocenters. The Balaban J connectivity index is 2.82. The first-order chi connectivity index (χ1) is 9.29. The number of aryl methyl sites for hydroxylation is 1. The Labute approximate surface area is 128 Å². The Morgan fingerprint density at radius 1 is 1.05 bits per heavy atom. The van der Waals surface area contributed by atoms with E-state index in [9.17, 15) is 0 Å². The van der Waals surface area contributed by atoms with Crippen LogP contribution >= 0.6 is 11.3 Å². The average Bonchev–Trinajstić information content (AvgIpc) is 2.66. The SMILES string of the molecule is Cc1nc(N(CC(C)C)CC(C)C)sc1CNC(C)C. The van der Waals surface area contributed by atoms with Crippen LogP contribution in [0.5, 0.6) is 0 Å². The fraction of sp³-hybridized carbons (Fsp3) is 0.812. The van der Waals surface area contributed by atoms with Gasteiger partial charge in [0, 0.05) is 30.6 Å². The van der Waals surface area contributed by atoms with Crippen molar-refractivity contribution in [2.75, 3.05) is 18.0 Å². The van der Waals surface area contributed by atoms with Gasteiger partial charge in [0.15, 0.2) is 5.13 Å². The van der Waals surface area contributed by atoms with Crippen LogP contribution in [0.25, 0.3) is 0 Å². The standard InChI is InChI=1S/C16H31N3S/c1-11(2)9-19(10-12(3)4)16-18-14(7)15(20-16)8-17-13(5)6/h11-13,17H,8-10H2,1-7H3. The molecule has 1 aromatic heterocycles. The molecule has 0 bridgehead atoms. The Morgan fingerprint density at radius 3 is 2.05 bits per heavy atom. The third-order valence-electron chi connectivity index (χ3n) is 2.99. The molecule has 1 rings (SSSR count). The van der Waals surface area contributed by atoms with Gasteiger partial charge < -0.3 is 10.2 Å². The van der Waals surface area contributed by atoms with Crippen LogP contribution in [0, 0.1) is 18.8 Å². The number of anilines is 1. The number of nitrogens with one attached hydrogen (secondary N) is 1. The molecule has 0 saturated heterocycles. The zero-order valence-corrected chi connectivity index (χ0v) is 15.0. The van der Waals surface area contributed by atoms with Crippen molar-refractivity contribution in [2.24, 2.45) is 11.8 Å². The molecule has 20 heavy (non-hydrogen) atoms. The van der Waals surface area contributed by atoms with Crippen LogP contribution in [0.15, 0.2) is 0 Å². The van der Waals surface area contributed by atoms with Gasteiger partial charge in [0.05, 0.1) is 5.69 Å². The first-order valence-corrected chi connectivity index (χ1v) is 8.55. The van der Waals surface area contributed by atoms with Gasteiger partial charge in [-0.2, -0.15) is 0 Å². The number of hydrogen-bond donors (Lipinski definition) is 1. The molecule has 0 amide bonds. The first kappa shape index (κ1) is 17.4. The van der Waals surface area contributed by atoms with Crippen LogP contribution in [0.3, 0.4) is 0 Å². The molecule has 0 aromatic carbocycles. The molecular weight excluding hydrogens is 266 g/mol. The van der Waals surface area contributed by atoms with E-state index < -0.39 is 0 Å². The number of aromatic nitrogens is 1. The van der Waals surface area contributed by atoms with Gasteiger partial charge in [-0.25, -0.2) is 4.98 Å². The maximum Gasteiger partial charge on any atom is 0.185 e. The van der Waals surface area contributed by atoms with Crippen molar-refractivity contribution >= 4 is 16.5 Å². The van der Waals surface area contributed by atoms with Gasteiger partial charge in [-0.1, -0.05) is 41.5 Å². The maximum absolute atomic E-state index is 4.80. The molecule has 1 N–H and O–H groups in total. The fourth-order valence-electron chi connectivity index (χ4n) is 2.12. The zero-order valence-electron chi connectivity index (χ0n) is 14.2. The van der Waals surface area contributed by atoms with Crippen LogP contribution in [-0.2, 0) is 6.54 Å². The van der Waals surface area contributed by atoms with E-state index in [0.29, 0.717) is 17.9 Å². The number of thiazole rings is 1. The van der Waals surface area contributed by atoms with Crippen LogP contribution in [0.4, 0.5) is 5.13 Å². The highest BCUT2D eigenvalue weighted by Gasteiger charge is 2.16. The molecule has 4 heteroatoms. The maximum atomic E-state index is 4.80. The summed E-state index contributed by atoms with van der Waals surface area (Å²) in [6, 6.07) is 0.516. The normalized spacial score (nSPS) is 11.9. The summed E-state index contributed by atoms with van der Waals surface area (Å²) in [5, 5.41) is 4.67. The summed E-state index contributed by atoms with van der Waals surface area (Å²) in [6.45, 7) is 18.7. The summed E-state index contributed by atoms with van der Waals surface area (Å²) in [7, 11) is 0. The molecule has 0 spiro atoms. The quantitative estimate of drug-likeness (QED) is 0.784. The second-order valence-corrected chi connectivity index (χ2v) is 7.80. The van der Waals surface area contributed by atoms with Crippen molar-refractivity contribution in [1.29, 1.82) is 0 Å². The molecule has 0 fully saturated rings. The molecule has 0 aliphatic carbocycles. The van der Waals surface area contributed by atoms with Crippen molar-refractivity contribution in [3.63, 3.8) is 0 Å². The van der Waals surface area contributed by atoms with Crippen molar-refractivity contribution in [3.05, 3.63) is 10.6 Å². The topological polar surface area (TPSA) is 28.2 Å². The minimum absolute atomic E-state index is 0.516. The highest BCUT2D eigenvalue weighted by Crippen LogP contribution is 2.27. The molecule has 0 saturated carbocycles. The molecule has 3 nitrogen and oxygen atoms in total. The van der Waals surface area contributed by atoms with Crippen LogP contribution < -0.4 is 10.2 Å². The Bertz CT molecular complexity index is 386. The van der Waals surface area contributed by atoms with Gasteiger partial charge in [0.1, 0.15) is 0 Å². The first-order valence-electron chi connectivity index (χ1n) is 7.74. The molecule has 0 aliphatic rings. The van der Waals surface area contributed by atoms with E-state index in [-0.39, 0.29) is 0 Å². The minimum atomic E-state index is 0.516. The zero-order chi connectivity index (χ0) is 15.3. The second kappa shape index (κ2) is 7.99. The molecule has 1 aromatic rings. The summed E-state index contributed by atoms with van der Waals surface area (Å²) in [4.78, 5) is 8.62. The third kappa shape index (κ3) is 5.80. The third-order valence-corrected chi connectivity index (χ3v) is 4.21. The van der Waals surface area contributed by atoms with Crippen LogP contribution in [0.2, 0.25) is 0 Å². The molecule has 0 atom stereocenters. The Hall–Kier alpha value is -0.610. The van der Waals surface area contributed by atoms with E-state index >= 15 is 0 Å². The van der Waals surface area contributed by atoms with Gasteiger partial charge in [0.2, 0.25) is 0 Å². The van der Waals surface area contributed by atoms with Gasteiger partial charge in [-0.15, -0.1) is 11.3 Å². The van der Waals surface area contributed by atoms with Crippen molar-refractivity contribution in [3.8, 4) is 0 Å². The van der Waals surface area contributed by atoms with E-state index in [1.165, 1.54) is 15.7 Å². The van der Waals surface area contributed by atoms with Crippen molar-refractivity contribution in [1.82, 2.24) is 10.3 Å². The van der Waals surface area contributed by atoms with E-state index in [0.717, 1.165) is 19.6 Å². The lowest BCUT2D eigenvalue weighted by molar-refractivity contribution is 0.551. The minimum Gasteiger partial charge on any atom is -0.348 e. The molecule has 1 heterocycles. The Kier molecular flexibility index (Phi) is 6.96.